The minimum absolute atomic E-state index is 0.0831. The Hall–Kier alpha value is -2.21. The molecule has 0 saturated carbocycles. The Morgan fingerprint density at radius 2 is 1.48 bits per heavy atom. The van der Waals surface area contributed by atoms with Crippen molar-refractivity contribution in [3.8, 4) is 0 Å². The van der Waals surface area contributed by atoms with Crippen molar-refractivity contribution in [2.75, 3.05) is 19.8 Å². The highest BCUT2D eigenvalue weighted by atomic mass is 28.4. The largest absolute Gasteiger partial charge is 0.391 e. The van der Waals surface area contributed by atoms with Crippen LogP contribution in [0.25, 0.3) is 5.57 Å². The van der Waals surface area contributed by atoms with Crippen molar-refractivity contribution in [3.05, 3.63) is 72.3 Å². The van der Waals surface area contributed by atoms with Crippen LogP contribution in [0.2, 0.25) is 6.04 Å². The van der Waals surface area contributed by atoms with Crippen LogP contribution in [0.1, 0.15) is 49.5 Å². The van der Waals surface area contributed by atoms with Gasteiger partial charge >= 0.3 is 8.56 Å². The Kier molecular flexibility index (Phi) is 9.31. The fourth-order valence-corrected chi connectivity index (χ4v) is 6.29. The third kappa shape index (κ3) is 6.67. The second-order valence-corrected chi connectivity index (χ2v) is 10.3. The molecule has 2 rings (SSSR count). The van der Waals surface area contributed by atoms with Crippen LogP contribution in [0, 0.1) is 0 Å². The summed E-state index contributed by atoms with van der Waals surface area (Å²) in [5, 5.41) is 4.15. The molecule has 0 bridgehead atoms. The number of amides is 1. The molecular weight excluding hydrogens is 378 g/mol. The van der Waals surface area contributed by atoms with Crippen LogP contribution in [0.3, 0.4) is 0 Å². The summed E-state index contributed by atoms with van der Waals surface area (Å²) < 4.78 is 12.7. The molecule has 1 amide bonds. The highest BCUT2D eigenvalue weighted by molar-refractivity contribution is 6.81. The Morgan fingerprint density at radius 3 is 2.00 bits per heavy atom. The molecule has 0 unspecified atom stereocenters. The second-order valence-electron chi connectivity index (χ2n) is 7.18. The second kappa shape index (κ2) is 11.7. The van der Waals surface area contributed by atoms with Gasteiger partial charge in [0.1, 0.15) is 0 Å². The van der Waals surface area contributed by atoms with Crippen LogP contribution in [0.4, 0.5) is 0 Å². The van der Waals surface area contributed by atoms with E-state index in [9.17, 15) is 4.79 Å². The van der Waals surface area contributed by atoms with E-state index in [1.807, 2.05) is 49.4 Å². The van der Waals surface area contributed by atoms with Gasteiger partial charge in [-0.3, -0.25) is 4.79 Å². The van der Waals surface area contributed by atoms with Crippen LogP contribution >= 0.6 is 0 Å². The molecule has 0 radical (unpaired) electrons. The molecule has 29 heavy (non-hydrogen) atoms. The van der Waals surface area contributed by atoms with E-state index in [2.05, 4.69) is 37.9 Å². The summed E-state index contributed by atoms with van der Waals surface area (Å²) in [5.41, 5.74) is 2.67. The molecule has 2 aromatic carbocycles. The van der Waals surface area contributed by atoms with Gasteiger partial charge in [-0.25, -0.2) is 0 Å². The molecule has 0 heterocycles. The molecule has 0 saturated heterocycles. The summed E-state index contributed by atoms with van der Waals surface area (Å²) >= 11 is 0. The molecule has 0 fully saturated rings. The average molecular weight is 412 g/mol. The van der Waals surface area contributed by atoms with E-state index in [1.54, 1.807) is 0 Å². The Bertz CT molecular complexity index is 766. The van der Waals surface area contributed by atoms with Gasteiger partial charge in [-0.05, 0) is 42.6 Å². The van der Waals surface area contributed by atoms with Crippen molar-refractivity contribution < 1.29 is 13.6 Å². The first-order valence-corrected chi connectivity index (χ1v) is 12.4. The van der Waals surface area contributed by atoms with Crippen molar-refractivity contribution in [2.45, 2.75) is 39.7 Å². The first-order valence-electron chi connectivity index (χ1n) is 10.4. The van der Waals surface area contributed by atoms with Crippen molar-refractivity contribution in [2.24, 2.45) is 0 Å². The quantitative estimate of drug-likeness (QED) is 0.517. The minimum Gasteiger partial charge on any atom is -0.391 e. The molecule has 156 valence electrons. The lowest BCUT2D eigenvalue weighted by molar-refractivity contribution is 0.0954. The summed E-state index contributed by atoms with van der Waals surface area (Å²) in [6.45, 7) is 11.9. The fraction of sp³-hybridized carbons (Fsp3) is 0.375. The number of benzene rings is 2. The molecule has 0 aliphatic rings. The van der Waals surface area contributed by atoms with E-state index in [0.717, 1.165) is 29.2 Å². The zero-order valence-corrected chi connectivity index (χ0v) is 18.9. The van der Waals surface area contributed by atoms with Crippen LogP contribution in [-0.2, 0) is 8.85 Å². The number of allylic oxidation sites excluding steroid dienone is 1. The van der Waals surface area contributed by atoms with E-state index < -0.39 is 8.56 Å². The van der Waals surface area contributed by atoms with Gasteiger partial charge in [0, 0.05) is 31.4 Å². The van der Waals surface area contributed by atoms with Crippen molar-refractivity contribution in [1.29, 1.82) is 0 Å². The van der Waals surface area contributed by atoms with Gasteiger partial charge in [0.25, 0.3) is 5.91 Å². The summed E-state index contributed by atoms with van der Waals surface area (Å²) in [5.74, 6) is -0.0831. The molecule has 0 spiro atoms. The van der Waals surface area contributed by atoms with Gasteiger partial charge < -0.3 is 14.2 Å². The topological polar surface area (TPSA) is 47.6 Å². The number of nitrogens with one attached hydrogen (secondary N) is 1. The lowest BCUT2D eigenvalue weighted by atomic mass is 10.1. The van der Waals surface area contributed by atoms with Gasteiger partial charge in [0.05, 0.1) is 0 Å². The van der Waals surface area contributed by atoms with Crippen LogP contribution in [0.5, 0.6) is 0 Å². The Labute approximate surface area is 176 Å². The molecule has 2 aromatic rings. The molecule has 1 N–H and O–H groups in total. The van der Waals surface area contributed by atoms with Gasteiger partial charge in [0.15, 0.2) is 0 Å². The van der Waals surface area contributed by atoms with Crippen molar-refractivity contribution in [3.63, 3.8) is 0 Å². The SMILES string of the molecule is C=C(C)c1ccc(C(=O)NCC[Si](OCCC)(OCCC)c2ccccc2)cc1. The predicted molar refractivity (Wildman–Crippen MR) is 123 cm³/mol. The summed E-state index contributed by atoms with van der Waals surface area (Å²) in [4.78, 5) is 12.6. The van der Waals surface area contributed by atoms with Crippen molar-refractivity contribution >= 4 is 25.2 Å². The third-order valence-corrected chi connectivity index (χ3v) is 8.13. The monoisotopic (exact) mass is 411 g/mol. The summed E-state index contributed by atoms with van der Waals surface area (Å²) in [7, 11) is -2.63. The van der Waals surface area contributed by atoms with Gasteiger partial charge in [-0.1, -0.05) is 68.5 Å². The van der Waals surface area contributed by atoms with Crippen LogP contribution < -0.4 is 10.5 Å². The van der Waals surface area contributed by atoms with E-state index >= 15 is 0 Å². The van der Waals surface area contributed by atoms with E-state index in [4.69, 9.17) is 8.85 Å². The highest BCUT2D eigenvalue weighted by Crippen LogP contribution is 2.16. The zero-order valence-electron chi connectivity index (χ0n) is 17.9. The van der Waals surface area contributed by atoms with Crippen LogP contribution in [0.15, 0.2) is 61.2 Å². The number of hydrogen-bond acceptors (Lipinski definition) is 3. The Balaban J connectivity index is 2.09. The lowest BCUT2D eigenvalue weighted by Crippen LogP contribution is -2.55. The molecule has 0 aromatic heterocycles. The normalized spacial score (nSPS) is 11.3. The van der Waals surface area contributed by atoms with Crippen molar-refractivity contribution in [1.82, 2.24) is 5.32 Å². The first-order chi connectivity index (χ1) is 14.0. The first kappa shape index (κ1) is 23.1. The molecule has 0 aliphatic carbocycles. The van der Waals surface area contributed by atoms with E-state index in [1.165, 1.54) is 0 Å². The van der Waals surface area contributed by atoms with Gasteiger partial charge in [-0.15, -0.1) is 0 Å². The molecule has 4 nitrogen and oxygen atoms in total. The minimum atomic E-state index is -2.63. The lowest BCUT2D eigenvalue weighted by Gasteiger charge is -2.31. The third-order valence-electron chi connectivity index (χ3n) is 4.67. The fourth-order valence-electron chi connectivity index (χ4n) is 3.07. The van der Waals surface area contributed by atoms with Gasteiger partial charge in [0.2, 0.25) is 0 Å². The smallest absolute Gasteiger partial charge is 0.374 e. The average Bonchev–Trinajstić information content (AvgIpc) is 2.76. The molecular formula is C24H33NO3Si. The number of carbonyl (C=O) groups is 1. The maximum Gasteiger partial charge on any atom is 0.374 e. The zero-order chi connectivity index (χ0) is 21.1. The maximum atomic E-state index is 12.6. The van der Waals surface area contributed by atoms with E-state index in [-0.39, 0.29) is 5.91 Å². The molecule has 0 atom stereocenters. The van der Waals surface area contributed by atoms with Gasteiger partial charge in [-0.2, -0.15) is 0 Å². The highest BCUT2D eigenvalue weighted by Gasteiger charge is 2.39. The maximum absolute atomic E-state index is 12.6. The molecule has 0 aliphatic heterocycles. The number of rotatable bonds is 12. The standard InChI is InChI=1S/C24H33NO3Si/c1-5-17-27-29(28-18-6-2,23-10-8-7-9-11-23)19-16-25-24(26)22-14-12-21(13-15-22)20(3)4/h7-15H,3,5-6,16-19H2,1-2,4H3,(H,25,26). The Morgan fingerprint density at radius 1 is 0.931 bits per heavy atom. The summed E-state index contributed by atoms with van der Waals surface area (Å²) in [6, 6.07) is 18.4. The number of hydrogen-bond donors (Lipinski definition) is 1. The predicted octanol–water partition coefficient (Wildman–Crippen LogP) is 4.65. The summed E-state index contributed by atoms with van der Waals surface area (Å²) in [6.07, 6.45) is 1.86. The van der Waals surface area contributed by atoms with Crippen LogP contribution in [-0.4, -0.2) is 34.2 Å². The number of carbonyl (C=O) groups excluding carboxylic acids is 1. The van der Waals surface area contributed by atoms with E-state index in [0.29, 0.717) is 31.4 Å². The molecule has 5 heteroatoms.